The molecular weight excluding hydrogens is 234 g/mol. The summed E-state index contributed by atoms with van der Waals surface area (Å²) in [5.41, 5.74) is -0.790. The van der Waals surface area contributed by atoms with Gasteiger partial charge in [-0.2, -0.15) is 0 Å². The van der Waals surface area contributed by atoms with Gasteiger partial charge in [0, 0.05) is 12.5 Å². The quantitative estimate of drug-likeness (QED) is 0.529. The van der Waals surface area contributed by atoms with Crippen molar-refractivity contribution in [2.45, 2.75) is 38.7 Å². The second-order valence-electron chi connectivity index (χ2n) is 5.03. The van der Waals surface area contributed by atoms with Crippen molar-refractivity contribution in [1.82, 2.24) is 4.90 Å². The Hall–Kier alpha value is -1.14. The molecule has 1 aliphatic heterocycles. The van der Waals surface area contributed by atoms with Gasteiger partial charge in [0.15, 0.2) is 0 Å². The minimum absolute atomic E-state index is 0.0547. The highest BCUT2D eigenvalue weighted by Crippen LogP contribution is 2.26. The molecule has 1 amide bonds. The number of ether oxygens (including phenoxy) is 1. The normalized spacial score (nSPS) is 21.5. The van der Waals surface area contributed by atoms with Crippen molar-refractivity contribution >= 4 is 13.1 Å². The van der Waals surface area contributed by atoms with Crippen molar-refractivity contribution in [3.8, 4) is 0 Å². The van der Waals surface area contributed by atoms with Crippen LogP contribution >= 0.6 is 0 Å². The van der Waals surface area contributed by atoms with Crippen LogP contribution in [0.1, 0.15) is 27.2 Å². The molecule has 0 bridgehead atoms. The maximum Gasteiger partial charge on any atom is 0.500 e. The predicted octanol–water partition coefficient (Wildman–Crippen LogP) is 2.94. The first kappa shape index (κ1) is 13.9. The van der Waals surface area contributed by atoms with Gasteiger partial charge in [-0.1, -0.05) is 12.2 Å². The number of carbonyl (C=O) groups is 1. The Labute approximate surface area is 98.7 Å². The van der Waals surface area contributed by atoms with Crippen molar-refractivity contribution < 1.29 is 22.5 Å². The van der Waals surface area contributed by atoms with Gasteiger partial charge in [0.2, 0.25) is 0 Å². The van der Waals surface area contributed by atoms with Gasteiger partial charge in [0.1, 0.15) is 5.60 Å². The highest BCUT2D eigenvalue weighted by molar-refractivity contribution is 6.60. The molecule has 0 N–H and O–H groups in total. The third-order valence-corrected chi connectivity index (χ3v) is 2.31. The van der Waals surface area contributed by atoms with Gasteiger partial charge in [-0.15, -0.1) is 0 Å². The molecule has 0 saturated heterocycles. The van der Waals surface area contributed by atoms with Gasteiger partial charge in [-0.3, -0.25) is 0 Å². The largest absolute Gasteiger partial charge is 0.500 e. The molecule has 0 aromatic heterocycles. The van der Waals surface area contributed by atoms with E-state index in [2.05, 4.69) is 0 Å². The number of halogens is 3. The lowest BCUT2D eigenvalue weighted by Gasteiger charge is -2.39. The van der Waals surface area contributed by atoms with Crippen molar-refractivity contribution in [2.75, 3.05) is 6.54 Å². The highest BCUT2D eigenvalue weighted by atomic mass is 19.4. The lowest BCUT2D eigenvalue weighted by Crippen LogP contribution is -2.54. The standard InChI is InChI=1S/C10H16BF3NO2/c1-10(2,3)17-9(16)15-7-5-4-6-8(15)11(12,13)14/h4-5,8H,6-7H2,1-3H3/q-1. The number of amides is 1. The van der Waals surface area contributed by atoms with Crippen LogP contribution in [0.4, 0.5) is 17.7 Å². The van der Waals surface area contributed by atoms with Gasteiger partial charge in [-0.05, 0) is 27.2 Å². The number of hydrogen-bond acceptors (Lipinski definition) is 2. The molecule has 1 rings (SSSR count). The molecule has 1 heterocycles. The smallest absolute Gasteiger partial charge is 0.448 e. The van der Waals surface area contributed by atoms with E-state index in [1.165, 1.54) is 6.08 Å². The van der Waals surface area contributed by atoms with E-state index in [0.29, 0.717) is 0 Å². The first-order valence-electron chi connectivity index (χ1n) is 5.46. The van der Waals surface area contributed by atoms with Crippen LogP contribution in [0.2, 0.25) is 0 Å². The Morgan fingerprint density at radius 2 is 1.94 bits per heavy atom. The van der Waals surface area contributed by atoms with Crippen molar-refractivity contribution in [2.24, 2.45) is 0 Å². The van der Waals surface area contributed by atoms with Crippen molar-refractivity contribution in [3.63, 3.8) is 0 Å². The van der Waals surface area contributed by atoms with E-state index in [9.17, 15) is 17.7 Å². The van der Waals surface area contributed by atoms with Crippen LogP contribution in [0.25, 0.3) is 0 Å². The number of carbonyl (C=O) groups excluding carboxylic acids is 1. The topological polar surface area (TPSA) is 29.5 Å². The Balaban J connectivity index is 2.80. The molecule has 1 atom stereocenters. The number of hydrogen-bond donors (Lipinski definition) is 0. The van der Waals surface area contributed by atoms with E-state index in [1.54, 1.807) is 26.8 Å². The molecule has 17 heavy (non-hydrogen) atoms. The Morgan fingerprint density at radius 3 is 2.41 bits per heavy atom. The molecule has 0 radical (unpaired) electrons. The summed E-state index contributed by atoms with van der Waals surface area (Å²) >= 11 is 0. The monoisotopic (exact) mass is 250 g/mol. The summed E-state index contributed by atoms with van der Waals surface area (Å²) < 4.78 is 43.3. The second kappa shape index (κ2) is 4.62. The van der Waals surface area contributed by atoms with Crippen LogP contribution in [-0.4, -0.2) is 36.1 Å². The zero-order valence-corrected chi connectivity index (χ0v) is 10.1. The van der Waals surface area contributed by atoms with Gasteiger partial charge in [-0.25, -0.2) is 4.79 Å². The molecule has 1 unspecified atom stereocenters. The highest BCUT2D eigenvalue weighted by Gasteiger charge is 2.42. The molecule has 0 fully saturated rings. The van der Waals surface area contributed by atoms with Gasteiger partial charge in [0.25, 0.3) is 0 Å². The molecule has 0 aromatic carbocycles. The fourth-order valence-corrected chi connectivity index (χ4v) is 1.58. The molecular formula is C10H16BF3NO2-. The van der Waals surface area contributed by atoms with E-state index in [4.69, 9.17) is 4.74 Å². The average molecular weight is 250 g/mol. The molecule has 98 valence electrons. The summed E-state index contributed by atoms with van der Waals surface area (Å²) in [5.74, 6) is -1.73. The number of nitrogens with zero attached hydrogens (tertiary/aromatic N) is 1. The minimum Gasteiger partial charge on any atom is -0.448 e. The fraction of sp³-hybridized carbons (Fsp3) is 0.700. The Kier molecular flexibility index (Phi) is 3.79. The van der Waals surface area contributed by atoms with Crippen LogP contribution in [0, 0.1) is 0 Å². The molecule has 3 nitrogen and oxygen atoms in total. The van der Waals surface area contributed by atoms with Gasteiger partial charge < -0.3 is 22.6 Å². The summed E-state index contributed by atoms with van der Waals surface area (Å²) in [5, 5.41) is 0. The van der Waals surface area contributed by atoms with Gasteiger partial charge >= 0.3 is 13.1 Å². The van der Waals surface area contributed by atoms with Crippen molar-refractivity contribution in [3.05, 3.63) is 12.2 Å². The predicted molar refractivity (Wildman–Crippen MR) is 59.6 cm³/mol. The van der Waals surface area contributed by atoms with E-state index in [0.717, 1.165) is 4.90 Å². The third-order valence-electron chi connectivity index (χ3n) is 2.31. The summed E-state index contributed by atoms with van der Waals surface area (Å²) in [6.45, 7) is -0.268. The fourth-order valence-electron chi connectivity index (χ4n) is 1.58. The van der Waals surface area contributed by atoms with E-state index < -0.39 is 24.6 Å². The summed E-state index contributed by atoms with van der Waals surface area (Å²) in [6.07, 6.45) is 1.89. The molecule has 1 aliphatic rings. The molecule has 0 aliphatic carbocycles. The van der Waals surface area contributed by atoms with Crippen LogP contribution in [0.5, 0.6) is 0 Å². The maximum atomic E-state index is 12.8. The average Bonchev–Trinajstić information content (AvgIpc) is 2.13. The van der Waals surface area contributed by atoms with Crippen LogP contribution < -0.4 is 0 Å². The summed E-state index contributed by atoms with van der Waals surface area (Å²) in [4.78, 5) is 12.4. The Bertz CT molecular complexity index is 322. The van der Waals surface area contributed by atoms with Gasteiger partial charge in [0.05, 0.1) is 0 Å². The first-order chi connectivity index (χ1) is 7.61. The maximum absolute atomic E-state index is 12.8. The molecule has 0 aromatic rings. The minimum atomic E-state index is -5.08. The zero-order chi connectivity index (χ0) is 13.3. The molecule has 7 heteroatoms. The van der Waals surface area contributed by atoms with Crippen molar-refractivity contribution in [1.29, 1.82) is 0 Å². The second-order valence-corrected chi connectivity index (χ2v) is 5.03. The Morgan fingerprint density at radius 1 is 1.35 bits per heavy atom. The lowest BCUT2D eigenvalue weighted by atomic mass is 9.75. The molecule has 0 saturated carbocycles. The molecule has 0 spiro atoms. The third kappa shape index (κ3) is 3.98. The van der Waals surface area contributed by atoms with E-state index in [1.807, 2.05) is 0 Å². The van der Waals surface area contributed by atoms with Crippen LogP contribution in [0.15, 0.2) is 12.2 Å². The summed E-state index contributed by atoms with van der Waals surface area (Å²) in [7, 11) is 0. The summed E-state index contributed by atoms with van der Waals surface area (Å²) in [6, 6.07) is 0. The van der Waals surface area contributed by atoms with Crippen LogP contribution in [0.3, 0.4) is 0 Å². The number of rotatable bonds is 1. The van der Waals surface area contributed by atoms with E-state index in [-0.39, 0.29) is 13.0 Å². The SMILES string of the molecule is CC(C)(C)OC(=O)N1CC=CCC1[B-](F)(F)F. The lowest BCUT2D eigenvalue weighted by molar-refractivity contribution is 0.0207. The first-order valence-corrected chi connectivity index (χ1v) is 5.46. The van der Waals surface area contributed by atoms with E-state index >= 15 is 0 Å². The van der Waals surface area contributed by atoms with Crippen LogP contribution in [-0.2, 0) is 4.74 Å². The zero-order valence-electron chi connectivity index (χ0n) is 10.1.